The highest BCUT2D eigenvalue weighted by molar-refractivity contribution is 9.10. The fourth-order valence-corrected chi connectivity index (χ4v) is 4.44. The number of nitrogens with zero attached hydrogens (tertiary/aromatic N) is 5. The Labute approximate surface area is 158 Å². The van der Waals surface area contributed by atoms with E-state index in [4.69, 9.17) is 0 Å². The van der Waals surface area contributed by atoms with Gasteiger partial charge in [-0.25, -0.2) is 9.97 Å². The molecule has 2 fully saturated rings. The maximum Gasteiger partial charge on any atom is 0.140 e. The van der Waals surface area contributed by atoms with Crippen LogP contribution in [0.3, 0.4) is 0 Å². The molecule has 5 nitrogen and oxygen atoms in total. The summed E-state index contributed by atoms with van der Waals surface area (Å²) >= 11 is 3.57. The molecule has 1 atom stereocenters. The topological polar surface area (TPSA) is 35.5 Å². The van der Waals surface area contributed by atoms with Crippen LogP contribution in [0.4, 0.5) is 5.82 Å². The fourth-order valence-electron chi connectivity index (χ4n) is 4.08. The lowest BCUT2D eigenvalue weighted by Gasteiger charge is -2.40. The van der Waals surface area contributed by atoms with Crippen molar-refractivity contribution >= 4 is 32.7 Å². The molecule has 134 valence electrons. The summed E-state index contributed by atoms with van der Waals surface area (Å²) < 4.78 is 1.08. The number of aromatic nitrogens is 2. The van der Waals surface area contributed by atoms with E-state index in [2.05, 4.69) is 59.8 Å². The zero-order valence-electron chi connectivity index (χ0n) is 14.9. The first-order valence-electron chi connectivity index (χ1n) is 9.28. The Bertz CT molecular complexity index is 729. The summed E-state index contributed by atoms with van der Waals surface area (Å²) in [6.45, 7) is 6.77. The van der Waals surface area contributed by atoms with Crippen LogP contribution in [0.1, 0.15) is 19.3 Å². The van der Waals surface area contributed by atoms with Gasteiger partial charge in [-0.1, -0.05) is 22.4 Å². The van der Waals surface area contributed by atoms with Crippen LogP contribution in [0.5, 0.6) is 0 Å². The van der Waals surface area contributed by atoms with E-state index in [0.29, 0.717) is 0 Å². The third-order valence-corrected chi connectivity index (χ3v) is 6.13. The molecule has 0 spiro atoms. The Kier molecular flexibility index (Phi) is 5.20. The van der Waals surface area contributed by atoms with Crippen LogP contribution in [0.2, 0.25) is 0 Å². The molecule has 4 rings (SSSR count). The molecular weight excluding hydrogens is 378 g/mol. The van der Waals surface area contributed by atoms with Crippen LogP contribution < -0.4 is 4.90 Å². The van der Waals surface area contributed by atoms with Gasteiger partial charge in [0, 0.05) is 48.6 Å². The van der Waals surface area contributed by atoms with E-state index in [-0.39, 0.29) is 0 Å². The molecule has 25 heavy (non-hydrogen) atoms. The number of likely N-dealkylation sites (N-methyl/N-ethyl adjacent to an activating group) is 1. The number of anilines is 1. The molecule has 2 aliphatic rings. The van der Waals surface area contributed by atoms with Gasteiger partial charge in [0.1, 0.15) is 12.1 Å². The summed E-state index contributed by atoms with van der Waals surface area (Å²) in [4.78, 5) is 16.6. The van der Waals surface area contributed by atoms with Crippen LogP contribution in [-0.2, 0) is 0 Å². The first kappa shape index (κ1) is 17.2. The minimum absolute atomic E-state index is 0.733. The summed E-state index contributed by atoms with van der Waals surface area (Å²) in [7, 11) is 2.28. The van der Waals surface area contributed by atoms with Crippen molar-refractivity contribution in [3.8, 4) is 0 Å². The van der Waals surface area contributed by atoms with E-state index >= 15 is 0 Å². The standard InChI is InChI=1S/C19H26BrN5/c1-23-7-3-2-4-16(23)13-24-8-10-25(11-9-24)19-17-12-15(20)5-6-18(17)21-14-22-19/h5-6,12,14,16H,2-4,7-11,13H2,1H3. The van der Waals surface area contributed by atoms with E-state index < -0.39 is 0 Å². The van der Waals surface area contributed by atoms with Gasteiger partial charge < -0.3 is 9.80 Å². The highest BCUT2D eigenvalue weighted by Crippen LogP contribution is 2.27. The van der Waals surface area contributed by atoms with Gasteiger partial charge in [-0.05, 0) is 44.6 Å². The van der Waals surface area contributed by atoms with Crippen LogP contribution in [0.15, 0.2) is 29.0 Å². The number of piperidine rings is 1. The Morgan fingerprint density at radius 3 is 2.72 bits per heavy atom. The Hall–Kier alpha value is -1.24. The number of rotatable bonds is 3. The van der Waals surface area contributed by atoms with Crippen molar-refractivity contribution in [2.75, 3.05) is 51.2 Å². The predicted molar refractivity (Wildman–Crippen MR) is 106 cm³/mol. The first-order chi connectivity index (χ1) is 12.2. The lowest BCUT2D eigenvalue weighted by molar-refractivity contribution is 0.124. The number of piperazine rings is 1. The quantitative estimate of drug-likeness (QED) is 0.786. The van der Waals surface area contributed by atoms with Gasteiger partial charge >= 0.3 is 0 Å². The molecule has 0 radical (unpaired) electrons. The Morgan fingerprint density at radius 1 is 1.08 bits per heavy atom. The molecule has 3 heterocycles. The SMILES string of the molecule is CN1CCCCC1CN1CCN(c2ncnc3ccc(Br)cc23)CC1. The molecule has 0 bridgehead atoms. The molecule has 2 saturated heterocycles. The lowest BCUT2D eigenvalue weighted by atomic mass is 10.0. The molecule has 1 unspecified atom stereocenters. The molecule has 0 saturated carbocycles. The minimum Gasteiger partial charge on any atom is -0.353 e. The van der Waals surface area contributed by atoms with Crippen molar-refractivity contribution < 1.29 is 0 Å². The molecule has 6 heteroatoms. The second-order valence-corrected chi connectivity index (χ2v) is 8.19. The molecular formula is C19H26BrN5. The maximum absolute atomic E-state index is 4.59. The predicted octanol–water partition coefficient (Wildman–Crippen LogP) is 3.00. The zero-order valence-corrected chi connectivity index (χ0v) is 16.5. The number of fused-ring (bicyclic) bond motifs is 1. The molecule has 1 aromatic heterocycles. The number of hydrogen-bond acceptors (Lipinski definition) is 5. The maximum atomic E-state index is 4.59. The van der Waals surface area contributed by atoms with E-state index in [9.17, 15) is 0 Å². The molecule has 0 aliphatic carbocycles. The summed E-state index contributed by atoms with van der Waals surface area (Å²) in [6, 6.07) is 6.96. The zero-order chi connectivity index (χ0) is 17.2. The molecule has 0 amide bonds. The van der Waals surface area contributed by atoms with Crippen LogP contribution in [0.25, 0.3) is 10.9 Å². The molecule has 1 aromatic carbocycles. The Balaban J connectivity index is 1.43. The van der Waals surface area contributed by atoms with E-state index in [1.165, 1.54) is 32.4 Å². The van der Waals surface area contributed by atoms with Crippen LogP contribution >= 0.6 is 15.9 Å². The molecule has 0 N–H and O–H groups in total. The second-order valence-electron chi connectivity index (χ2n) is 7.28. The van der Waals surface area contributed by atoms with Gasteiger partial charge in [0.05, 0.1) is 5.52 Å². The van der Waals surface area contributed by atoms with Crippen molar-refractivity contribution in [2.24, 2.45) is 0 Å². The summed E-state index contributed by atoms with van der Waals surface area (Å²) in [5, 5.41) is 1.14. The van der Waals surface area contributed by atoms with Gasteiger partial charge in [0.2, 0.25) is 0 Å². The van der Waals surface area contributed by atoms with Crippen LogP contribution in [0, 0.1) is 0 Å². The van der Waals surface area contributed by atoms with Gasteiger partial charge in [-0.3, -0.25) is 4.90 Å². The highest BCUT2D eigenvalue weighted by Gasteiger charge is 2.25. The van der Waals surface area contributed by atoms with E-state index in [1.807, 2.05) is 6.07 Å². The summed E-state index contributed by atoms with van der Waals surface area (Å²) in [5.74, 6) is 1.07. The van der Waals surface area contributed by atoms with Gasteiger partial charge in [-0.15, -0.1) is 0 Å². The largest absolute Gasteiger partial charge is 0.353 e. The van der Waals surface area contributed by atoms with E-state index in [1.54, 1.807) is 6.33 Å². The lowest BCUT2D eigenvalue weighted by Crippen LogP contribution is -2.52. The fraction of sp³-hybridized carbons (Fsp3) is 0.579. The van der Waals surface area contributed by atoms with Crippen molar-refractivity contribution in [3.63, 3.8) is 0 Å². The number of benzene rings is 1. The normalized spacial score (nSPS) is 23.3. The number of hydrogen-bond donors (Lipinski definition) is 0. The second kappa shape index (κ2) is 7.56. The molecule has 2 aliphatic heterocycles. The van der Waals surface area contributed by atoms with Gasteiger partial charge in [0.15, 0.2) is 0 Å². The first-order valence-corrected chi connectivity index (χ1v) is 10.1. The van der Waals surface area contributed by atoms with Crippen molar-refractivity contribution in [1.29, 1.82) is 0 Å². The molecule has 2 aromatic rings. The summed E-state index contributed by atoms with van der Waals surface area (Å²) in [6.07, 6.45) is 5.78. The smallest absolute Gasteiger partial charge is 0.140 e. The third kappa shape index (κ3) is 3.81. The van der Waals surface area contributed by atoms with Crippen molar-refractivity contribution in [2.45, 2.75) is 25.3 Å². The van der Waals surface area contributed by atoms with Crippen molar-refractivity contribution in [3.05, 3.63) is 29.0 Å². The van der Waals surface area contributed by atoms with Gasteiger partial charge in [0.25, 0.3) is 0 Å². The monoisotopic (exact) mass is 403 g/mol. The van der Waals surface area contributed by atoms with Crippen molar-refractivity contribution in [1.82, 2.24) is 19.8 Å². The number of halogens is 1. The average Bonchev–Trinajstić information content (AvgIpc) is 2.64. The Morgan fingerprint density at radius 2 is 1.92 bits per heavy atom. The number of likely N-dealkylation sites (tertiary alicyclic amines) is 1. The average molecular weight is 404 g/mol. The highest BCUT2D eigenvalue weighted by atomic mass is 79.9. The minimum atomic E-state index is 0.733. The van der Waals surface area contributed by atoms with E-state index in [0.717, 1.165) is 53.4 Å². The third-order valence-electron chi connectivity index (χ3n) is 5.64. The van der Waals surface area contributed by atoms with Crippen LogP contribution in [-0.4, -0.2) is 72.1 Å². The van der Waals surface area contributed by atoms with Gasteiger partial charge in [-0.2, -0.15) is 0 Å². The summed E-state index contributed by atoms with van der Waals surface area (Å²) in [5.41, 5.74) is 1.01.